The first-order valence-corrected chi connectivity index (χ1v) is 7.95. The van der Waals surface area contributed by atoms with E-state index in [1.54, 1.807) is 5.56 Å². The maximum absolute atomic E-state index is 2.42. The molecule has 0 spiro atoms. The van der Waals surface area contributed by atoms with E-state index in [0.717, 1.165) is 5.54 Å². The van der Waals surface area contributed by atoms with E-state index in [4.69, 9.17) is 0 Å². The summed E-state index contributed by atoms with van der Waals surface area (Å²) >= 11 is 0. The van der Waals surface area contributed by atoms with Gasteiger partial charge in [-0.05, 0) is 29.2 Å². The van der Waals surface area contributed by atoms with Crippen LogP contribution < -0.4 is 0 Å². The average Bonchev–Trinajstić information content (AvgIpc) is 2.48. The van der Waals surface area contributed by atoms with E-state index in [2.05, 4.69) is 50.4 Å². The van der Waals surface area contributed by atoms with Gasteiger partial charge >= 0.3 is 18.9 Å². The number of fused-ring (bicyclic) bond motifs is 1. The monoisotopic (exact) mass is 196 g/mol. The number of allylic oxidation sites excluding steroid dienone is 1. The molecule has 0 aliphatic heterocycles. The van der Waals surface area contributed by atoms with Gasteiger partial charge in [-0.25, -0.2) is 0 Å². The molecule has 2 heteroatoms. The number of hydrogen-bond acceptors (Lipinski definition) is 0. The molecule has 1 aromatic rings. The van der Waals surface area contributed by atoms with Gasteiger partial charge in [-0.3, -0.25) is 0 Å². The zero-order valence-corrected chi connectivity index (χ0v) is 9.70. The average molecular weight is 196 g/mol. The van der Waals surface area contributed by atoms with E-state index >= 15 is 0 Å². The summed E-state index contributed by atoms with van der Waals surface area (Å²) < 4.78 is 0. The summed E-state index contributed by atoms with van der Waals surface area (Å²) in [6.45, 7) is 7.05. The summed E-state index contributed by atoms with van der Waals surface area (Å²) in [5, 5.41) is 0. The van der Waals surface area contributed by atoms with E-state index in [1.165, 1.54) is 11.1 Å². The molecule has 0 heterocycles. The molecular formula is C12H17LiSi. The minimum atomic E-state index is -0.567. The van der Waals surface area contributed by atoms with Gasteiger partial charge in [0.05, 0.1) is 0 Å². The van der Waals surface area contributed by atoms with Crippen molar-refractivity contribution in [2.45, 2.75) is 25.6 Å². The van der Waals surface area contributed by atoms with Gasteiger partial charge in [0.25, 0.3) is 0 Å². The zero-order valence-electron chi connectivity index (χ0n) is 8.54. The van der Waals surface area contributed by atoms with Crippen LogP contribution in [-0.4, -0.2) is 27.7 Å². The minimum absolute atomic E-state index is 0. The molecule has 1 aliphatic rings. The number of hydrogen-bond donors (Lipinski definition) is 0. The Balaban J connectivity index is 0.000000980. The second-order valence-electron chi connectivity index (χ2n) is 4.21. The van der Waals surface area contributed by atoms with Crippen molar-refractivity contribution in [1.82, 2.24) is 0 Å². The van der Waals surface area contributed by atoms with Gasteiger partial charge in [0.2, 0.25) is 0 Å². The van der Waals surface area contributed by atoms with Crippen LogP contribution in [0.3, 0.4) is 0 Å². The van der Waals surface area contributed by atoms with E-state index in [0.29, 0.717) is 0 Å². The fourth-order valence-corrected chi connectivity index (χ4v) is 3.67. The second kappa shape index (κ2) is 4.53. The van der Waals surface area contributed by atoms with Crippen molar-refractivity contribution in [1.29, 1.82) is 0 Å². The number of benzene rings is 1. The first-order chi connectivity index (χ1) is 6.20. The SMILES string of the molecule is Cc1cccc2c1C=CC2[SiH](C)C.[LiH]. The van der Waals surface area contributed by atoms with Gasteiger partial charge < -0.3 is 0 Å². The molecule has 0 N–H and O–H groups in total. The van der Waals surface area contributed by atoms with Crippen LogP contribution in [0.5, 0.6) is 0 Å². The first-order valence-electron chi connectivity index (χ1n) is 4.98. The molecule has 0 radical (unpaired) electrons. The molecule has 0 amide bonds. The van der Waals surface area contributed by atoms with Crippen LogP contribution in [-0.2, 0) is 0 Å². The molecule has 0 saturated heterocycles. The summed E-state index contributed by atoms with van der Waals surface area (Å²) in [5.41, 5.74) is 5.25. The predicted octanol–water partition coefficient (Wildman–Crippen LogP) is 2.48. The van der Waals surface area contributed by atoms with Gasteiger partial charge in [0, 0.05) is 8.80 Å². The Bertz CT molecular complexity index is 355. The van der Waals surface area contributed by atoms with E-state index in [9.17, 15) is 0 Å². The predicted molar refractivity (Wildman–Crippen MR) is 69.0 cm³/mol. The van der Waals surface area contributed by atoms with E-state index in [-0.39, 0.29) is 18.9 Å². The van der Waals surface area contributed by atoms with Crippen molar-refractivity contribution in [2.24, 2.45) is 0 Å². The fourth-order valence-electron chi connectivity index (χ4n) is 2.11. The van der Waals surface area contributed by atoms with Crippen molar-refractivity contribution in [3.05, 3.63) is 41.0 Å². The normalized spacial score (nSPS) is 18.1. The van der Waals surface area contributed by atoms with Crippen molar-refractivity contribution in [2.75, 3.05) is 0 Å². The topological polar surface area (TPSA) is 0 Å². The third kappa shape index (κ3) is 1.91. The molecule has 70 valence electrons. The number of rotatable bonds is 1. The van der Waals surface area contributed by atoms with E-state index in [1.807, 2.05) is 0 Å². The molecule has 2 rings (SSSR count). The zero-order chi connectivity index (χ0) is 9.42. The fraction of sp³-hybridized carbons (Fsp3) is 0.333. The Kier molecular flexibility index (Phi) is 3.83. The molecule has 1 unspecified atom stereocenters. The van der Waals surface area contributed by atoms with Crippen LogP contribution in [0.1, 0.15) is 22.2 Å². The Morgan fingerprint density at radius 1 is 1.21 bits per heavy atom. The van der Waals surface area contributed by atoms with Gasteiger partial charge in [-0.15, -0.1) is 0 Å². The van der Waals surface area contributed by atoms with Crippen LogP contribution in [0, 0.1) is 6.92 Å². The van der Waals surface area contributed by atoms with Gasteiger partial charge in [0.1, 0.15) is 0 Å². The van der Waals surface area contributed by atoms with Crippen LogP contribution in [0.2, 0.25) is 13.1 Å². The van der Waals surface area contributed by atoms with Crippen molar-refractivity contribution >= 4 is 33.7 Å². The molecule has 1 aromatic carbocycles. The van der Waals surface area contributed by atoms with Crippen molar-refractivity contribution < 1.29 is 0 Å². The molecule has 0 bridgehead atoms. The molecule has 1 atom stereocenters. The van der Waals surface area contributed by atoms with Crippen molar-refractivity contribution in [3.8, 4) is 0 Å². The molecule has 0 nitrogen and oxygen atoms in total. The quantitative estimate of drug-likeness (QED) is 0.605. The number of aryl methyl sites for hydroxylation is 1. The van der Waals surface area contributed by atoms with Crippen LogP contribution >= 0.6 is 0 Å². The summed E-state index contributed by atoms with van der Waals surface area (Å²) in [5.74, 6) is 0. The molecule has 0 aromatic heterocycles. The summed E-state index contributed by atoms with van der Waals surface area (Å²) in [7, 11) is -0.567. The first kappa shape index (κ1) is 11.8. The van der Waals surface area contributed by atoms with Gasteiger partial charge in [-0.1, -0.05) is 43.4 Å². The summed E-state index contributed by atoms with van der Waals surface area (Å²) in [6.07, 6.45) is 4.71. The van der Waals surface area contributed by atoms with Crippen LogP contribution in [0.4, 0.5) is 0 Å². The molecule has 1 aliphatic carbocycles. The van der Waals surface area contributed by atoms with Gasteiger partial charge in [-0.2, -0.15) is 0 Å². The Morgan fingerprint density at radius 2 is 1.93 bits per heavy atom. The van der Waals surface area contributed by atoms with Crippen LogP contribution in [0.15, 0.2) is 24.3 Å². The Morgan fingerprint density at radius 3 is 2.57 bits per heavy atom. The molecular weight excluding hydrogens is 179 g/mol. The molecule has 14 heavy (non-hydrogen) atoms. The van der Waals surface area contributed by atoms with E-state index < -0.39 is 8.80 Å². The third-order valence-corrected chi connectivity index (χ3v) is 4.92. The molecule has 0 fully saturated rings. The van der Waals surface area contributed by atoms with Crippen LogP contribution in [0.25, 0.3) is 6.08 Å². The second-order valence-corrected chi connectivity index (χ2v) is 7.41. The van der Waals surface area contributed by atoms with Crippen molar-refractivity contribution in [3.63, 3.8) is 0 Å². The third-order valence-electron chi connectivity index (χ3n) is 2.91. The summed E-state index contributed by atoms with van der Waals surface area (Å²) in [6, 6.07) is 6.68. The van der Waals surface area contributed by atoms with Gasteiger partial charge in [0.15, 0.2) is 0 Å². The standard InChI is InChI=1S/C12H16Si.Li.H/c1-9-5-4-6-11-10(9)7-8-12(11)13(2)3;;/h4-8,12-13H,1-3H3;;. The molecule has 0 saturated carbocycles. The summed E-state index contributed by atoms with van der Waals surface area (Å²) in [4.78, 5) is 0. The maximum atomic E-state index is 2.42. The Labute approximate surface area is 100 Å². The Hall–Kier alpha value is -0.226.